The molecule has 3 atom stereocenters. The molecule has 1 saturated carbocycles. The van der Waals surface area contributed by atoms with Crippen LogP contribution in [-0.4, -0.2) is 37.0 Å². The van der Waals surface area contributed by atoms with Gasteiger partial charge in [0.25, 0.3) is 0 Å². The number of ether oxygens (including phenoxy) is 1. The van der Waals surface area contributed by atoms with E-state index in [2.05, 4.69) is 15.1 Å². The molecule has 0 amide bonds. The fraction of sp³-hybridized carbons (Fsp3) is 0.350. The van der Waals surface area contributed by atoms with Crippen molar-refractivity contribution in [2.75, 3.05) is 0 Å². The third-order valence-corrected chi connectivity index (χ3v) is 5.00. The molecule has 2 aromatic heterocycles. The van der Waals surface area contributed by atoms with Gasteiger partial charge in [-0.15, -0.1) is 17.5 Å². The van der Waals surface area contributed by atoms with E-state index < -0.39 is 6.10 Å². The van der Waals surface area contributed by atoms with E-state index in [1.165, 1.54) is 12.1 Å². The van der Waals surface area contributed by atoms with Gasteiger partial charge in [-0.2, -0.15) is 0 Å². The first-order valence-electron chi connectivity index (χ1n) is 9.20. The lowest BCUT2D eigenvalue weighted by molar-refractivity contribution is 0.163. The normalized spacial score (nSPS) is 21.0. The van der Waals surface area contributed by atoms with Crippen LogP contribution in [0.15, 0.2) is 42.7 Å². The van der Waals surface area contributed by atoms with Crippen LogP contribution < -0.4 is 10.5 Å². The molecular weight excluding hydrogens is 397 g/mol. The maximum absolute atomic E-state index is 13.3. The Hall–Kier alpha value is -2.55. The number of nitrogens with two attached hydrogens (primary N) is 1. The Morgan fingerprint density at radius 1 is 1.31 bits per heavy atom. The second kappa shape index (κ2) is 8.86. The summed E-state index contributed by atoms with van der Waals surface area (Å²) in [6, 6.07) is 7.54. The van der Waals surface area contributed by atoms with Crippen molar-refractivity contribution in [3.05, 3.63) is 65.8 Å². The summed E-state index contributed by atoms with van der Waals surface area (Å²) >= 11 is 0. The van der Waals surface area contributed by atoms with Crippen molar-refractivity contribution in [2.45, 2.75) is 44.4 Å². The zero-order valence-electron chi connectivity index (χ0n) is 15.9. The quantitative estimate of drug-likeness (QED) is 0.659. The molecule has 9 heteroatoms. The van der Waals surface area contributed by atoms with Gasteiger partial charge in [-0.05, 0) is 43.5 Å². The molecule has 4 rings (SSSR count). The summed E-state index contributed by atoms with van der Waals surface area (Å²) in [5.74, 6) is 1.26. The largest absolute Gasteiger partial charge is 0.485 e. The summed E-state index contributed by atoms with van der Waals surface area (Å²) in [5, 5.41) is 14.7. The number of benzene rings is 1. The number of pyridine rings is 1. The van der Waals surface area contributed by atoms with Crippen molar-refractivity contribution in [2.24, 2.45) is 5.73 Å². The van der Waals surface area contributed by atoms with Crippen molar-refractivity contribution in [1.29, 1.82) is 0 Å². The molecular formula is C20H23ClFN5O2. The zero-order chi connectivity index (χ0) is 19.7. The van der Waals surface area contributed by atoms with Gasteiger partial charge < -0.3 is 15.6 Å². The molecule has 0 unspecified atom stereocenters. The predicted octanol–water partition coefficient (Wildman–Crippen LogP) is 2.68. The Balaban J connectivity index is 0.00000240. The minimum atomic E-state index is -0.555. The van der Waals surface area contributed by atoms with Gasteiger partial charge in [0.15, 0.2) is 5.82 Å². The Morgan fingerprint density at radius 3 is 2.83 bits per heavy atom. The van der Waals surface area contributed by atoms with Crippen LogP contribution >= 0.6 is 12.4 Å². The number of rotatable bonds is 5. The highest BCUT2D eigenvalue weighted by atomic mass is 35.5. The van der Waals surface area contributed by atoms with Crippen molar-refractivity contribution in [1.82, 2.24) is 19.7 Å². The Kier molecular flexibility index (Phi) is 6.46. The van der Waals surface area contributed by atoms with Crippen LogP contribution in [0.5, 0.6) is 5.75 Å². The van der Waals surface area contributed by atoms with Gasteiger partial charge >= 0.3 is 0 Å². The minimum absolute atomic E-state index is 0. The SMILES string of the molecule is Cc1cnccc1-n1nc(COc2cccc(F)c2)nc1[C@H]1C[C@H](N)[C@@H](O)C1.Cl. The van der Waals surface area contributed by atoms with Crippen molar-refractivity contribution in [3.8, 4) is 11.4 Å². The number of aliphatic hydroxyl groups excluding tert-OH is 1. The van der Waals surface area contributed by atoms with Gasteiger partial charge in [0.2, 0.25) is 0 Å². The second-order valence-corrected chi connectivity index (χ2v) is 7.11. The van der Waals surface area contributed by atoms with E-state index in [4.69, 9.17) is 10.5 Å². The van der Waals surface area contributed by atoms with Crippen LogP contribution in [0.4, 0.5) is 4.39 Å². The molecule has 0 radical (unpaired) electrons. The number of aryl methyl sites for hydroxylation is 1. The van der Waals surface area contributed by atoms with E-state index in [1.54, 1.807) is 29.2 Å². The molecule has 29 heavy (non-hydrogen) atoms. The first-order valence-corrected chi connectivity index (χ1v) is 9.20. The van der Waals surface area contributed by atoms with Gasteiger partial charge in [0, 0.05) is 30.4 Å². The number of hydrogen-bond acceptors (Lipinski definition) is 6. The van der Waals surface area contributed by atoms with Crippen molar-refractivity contribution >= 4 is 12.4 Å². The van der Waals surface area contributed by atoms with E-state index >= 15 is 0 Å². The molecule has 0 bridgehead atoms. The van der Waals surface area contributed by atoms with Gasteiger partial charge in [-0.1, -0.05) is 6.07 Å². The molecule has 2 heterocycles. The van der Waals surface area contributed by atoms with E-state index in [9.17, 15) is 9.50 Å². The van der Waals surface area contributed by atoms with E-state index in [1.807, 2.05) is 13.0 Å². The summed E-state index contributed by atoms with van der Waals surface area (Å²) in [6.45, 7) is 2.06. The highest BCUT2D eigenvalue weighted by Gasteiger charge is 2.35. The van der Waals surface area contributed by atoms with Crippen LogP contribution in [0, 0.1) is 12.7 Å². The highest BCUT2D eigenvalue weighted by molar-refractivity contribution is 5.85. The smallest absolute Gasteiger partial charge is 0.188 e. The average Bonchev–Trinajstić information content (AvgIpc) is 3.24. The van der Waals surface area contributed by atoms with Crippen LogP contribution in [-0.2, 0) is 6.61 Å². The number of halogens is 2. The summed E-state index contributed by atoms with van der Waals surface area (Å²) in [6.07, 6.45) is 4.08. The third-order valence-electron chi connectivity index (χ3n) is 5.00. The van der Waals surface area contributed by atoms with Crippen molar-refractivity contribution in [3.63, 3.8) is 0 Å². The molecule has 1 aliphatic rings. The standard InChI is InChI=1S/C20H22FN5O2.ClH/c1-12-10-23-6-5-17(12)26-20(13-7-16(22)18(27)8-13)24-19(25-26)11-28-15-4-2-3-14(21)9-15;/h2-6,9-10,13,16,18,27H,7-8,11,22H2,1H3;1H/t13-,16-,18-;/m0./s1. The fourth-order valence-electron chi connectivity index (χ4n) is 3.54. The average molecular weight is 420 g/mol. The molecule has 154 valence electrons. The molecule has 3 N–H and O–H groups in total. The summed E-state index contributed by atoms with van der Waals surface area (Å²) in [4.78, 5) is 8.79. The second-order valence-electron chi connectivity index (χ2n) is 7.11. The zero-order valence-corrected chi connectivity index (χ0v) is 16.7. The molecule has 0 saturated heterocycles. The lowest BCUT2D eigenvalue weighted by atomic mass is 10.1. The Bertz CT molecular complexity index is 973. The van der Waals surface area contributed by atoms with Gasteiger partial charge in [0.1, 0.15) is 24.0 Å². The number of hydrogen-bond donors (Lipinski definition) is 2. The predicted molar refractivity (Wildman–Crippen MR) is 108 cm³/mol. The van der Waals surface area contributed by atoms with E-state index in [0.717, 1.165) is 17.1 Å². The minimum Gasteiger partial charge on any atom is -0.485 e. The Morgan fingerprint density at radius 2 is 2.14 bits per heavy atom. The van der Waals surface area contributed by atoms with Crippen LogP contribution in [0.25, 0.3) is 5.69 Å². The molecule has 7 nitrogen and oxygen atoms in total. The fourth-order valence-corrected chi connectivity index (χ4v) is 3.54. The van der Waals surface area contributed by atoms with Crippen LogP contribution in [0.2, 0.25) is 0 Å². The highest BCUT2D eigenvalue weighted by Crippen LogP contribution is 2.34. The number of aromatic nitrogens is 4. The summed E-state index contributed by atoms with van der Waals surface area (Å²) in [5.41, 5.74) is 7.82. The molecule has 1 aromatic carbocycles. The maximum Gasteiger partial charge on any atom is 0.188 e. The monoisotopic (exact) mass is 419 g/mol. The Labute approximate surface area is 174 Å². The molecule has 1 aliphatic carbocycles. The van der Waals surface area contributed by atoms with Crippen LogP contribution in [0.1, 0.15) is 36.0 Å². The summed E-state index contributed by atoms with van der Waals surface area (Å²) < 4.78 is 20.8. The first kappa shape index (κ1) is 21.2. The molecule has 1 fully saturated rings. The topological polar surface area (TPSA) is 99.1 Å². The van der Waals surface area contributed by atoms with Gasteiger partial charge in [0.05, 0.1) is 11.8 Å². The number of nitrogens with zero attached hydrogens (tertiary/aromatic N) is 4. The van der Waals surface area contributed by atoms with E-state index in [-0.39, 0.29) is 36.8 Å². The molecule has 3 aromatic rings. The first-order chi connectivity index (χ1) is 13.5. The van der Waals surface area contributed by atoms with Gasteiger partial charge in [-0.25, -0.2) is 14.1 Å². The lowest BCUT2D eigenvalue weighted by Gasteiger charge is -2.12. The van der Waals surface area contributed by atoms with E-state index in [0.29, 0.717) is 24.4 Å². The lowest BCUT2D eigenvalue weighted by Crippen LogP contribution is -2.28. The van der Waals surface area contributed by atoms with Crippen LogP contribution in [0.3, 0.4) is 0 Å². The molecule has 0 aliphatic heterocycles. The summed E-state index contributed by atoms with van der Waals surface area (Å²) in [7, 11) is 0. The number of aliphatic hydroxyl groups is 1. The maximum atomic E-state index is 13.3. The van der Waals surface area contributed by atoms with Gasteiger partial charge in [-0.3, -0.25) is 4.98 Å². The molecule has 0 spiro atoms. The van der Waals surface area contributed by atoms with Crippen molar-refractivity contribution < 1.29 is 14.2 Å². The third kappa shape index (κ3) is 4.55.